The summed E-state index contributed by atoms with van der Waals surface area (Å²) in [6, 6.07) is 6.52. The standard InChI is InChI=1S/C18H23N5O4S2/c1-4-22(5-2)29(25,26)13-7-8-15-14(11-13)19-18(23(15)6-3)28-12-17(24)20-16-9-10-27-21-16/h7-11H,4-6,12H2,1-3H3,(H,20,21,24). The van der Waals surface area contributed by atoms with Crippen LogP contribution in [0.15, 0.2) is 45.1 Å². The molecule has 0 atom stereocenters. The fourth-order valence-corrected chi connectivity index (χ4v) is 5.32. The van der Waals surface area contributed by atoms with Crippen molar-refractivity contribution in [1.29, 1.82) is 0 Å². The molecule has 1 amide bonds. The molecule has 0 radical (unpaired) electrons. The Labute approximate surface area is 173 Å². The van der Waals surface area contributed by atoms with Gasteiger partial charge in [0.05, 0.1) is 21.7 Å². The first-order chi connectivity index (χ1) is 13.9. The quantitative estimate of drug-likeness (QED) is 0.513. The number of hydrogen-bond acceptors (Lipinski definition) is 7. The molecular formula is C18H23N5O4S2. The molecule has 2 heterocycles. The molecule has 1 N–H and O–H groups in total. The van der Waals surface area contributed by atoms with Gasteiger partial charge in [0.2, 0.25) is 15.9 Å². The fraction of sp³-hybridized carbons (Fsp3) is 0.389. The third kappa shape index (κ3) is 4.46. The first-order valence-corrected chi connectivity index (χ1v) is 11.7. The molecule has 0 fully saturated rings. The van der Waals surface area contributed by atoms with Gasteiger partial charge in [-0.2, -0.15) is 4.31 Å². The molecule has 29 heavy (non-hydrogen) atoms. The second-order valence-corrected chi connectivity index (χ2v) is 8.98. The Hall–Kier alpha value is -2.37. The van der Waals surface area contributed by atoms with Crippen LogP contribution in [-0.2, 0) is 21.4 Å². The molecule has 11 heteroatoms. The summed E-state index contributed by atoms with van der Waals surface area (Å²) in [6.45, 7) is 7.05. The highest BCUT2D eigenvalue weighted by molar-refractivity contribution is 7.99. The summed E-state index contributed by atoms with van der Waals surface area (Å²) in [5.41, 5.74) is 1.41. The minimum Gasteiger partial charge on any atom is -0.363 e. The third-order valence-electron chi connectivity index (χ3n) is 4.38. The van der Waals surface area contributed by atoms with Crippen LogP contribution < -0.4 is 5.32 Å². The van der Waals surface area contributed by atoms with Crippen LogP contribution in [0.25, 0.3) is 11.0 Å². The number of aryl methyl sites for hydroxylation is 1. The topological polar surface area (TPSA) is 110 Å². The van der Waals surface area contributed by atoms with Crippen LogP contribution in [0.5, 0.6) is 0 Å². The van der Waals surface area contributed by atoms with Gasteiger partial charge >= 0.3 is 0 Å². The summed E-state index contributed by atoms with van der Waals surface area (Å²) < 4.78 is 33.6. The first kappa shape index (κ1) is 21.3. The normalized spacial score (nSPS) is 12.0. The van der Waals surface area contributed by atoms with Gasteiger partial charge in [-0.25, -0.2) is 13.4 Å². The molecule has 3 rings (SSSR count). The maximum Gasteiger partial charge on any atom is 0.243 e. The Bertz CT molecular complexity index is 1090. The number of rotatable bonds is 9. The van der Waals surface area contributed by atoms with Crippen LogP contribution in [0, 0.1) is 0 Å². The molecule has 0 aliphatic carbocycles. The zero-order valence-corrected chi connectivity index (χ0v) is 18.1. The van der Waals surface area contributed by atoms with Crippen LogP contribution in [-0.4, -0.2) is 52.2 Å². The van der Waals surface area contributed by atoms with E-state index in [4.69, 9.17) is 0 Å². The van der Waals surface area contributed by atoms with E-state index >= 15 is 0 Å². The second kappa shape index (κ2) is 8.97. The first-order valence-electron chi connectivity index (χ1n) is 9.24. The van der Waals surface area contributed by atoms with Gasteiger partial charge in [-0.15, -0.1) is 0 Å². The number of carbonyl (C=O) groups excluding carboxylic acids is 1. The Balaban J connectivity index is 1.84. The number of amides is 1. The fourth-order valence-electron chi connectivity index (χ4n) is 2.96. The lowest BCUT2D eigenvalue weighted by atomic mass is 10.3. The molecule has 0 saturated carbocycles. The van der Waals surface area contributed by atoms with E-state index in [0.29, 0.717) is 36.1 Å². The minimum atomic E-state index is -3.56. The molecule has 0 spiro atoms. The number of nitrogens with one attached hydrogen (secondary N) is 1. The number of benzene rings is 1. The van der Waals surface area contributed by atoms with Crippen molar-refractivity contribution in [2.45, 2.75) is 37.4 Å². The molecule has 0 aliphatic heterocycles. The van der Waals surface area contributed by atoms with Gasteiger partial charge in [-0.1, -0.05) is 30.8 Å². The Morgan fingerprint density at radius 2 is 2.00 bits per heavy atom. The van der Waals surface area contributed by atoms with E-state index in [9.17, 15) is 13.2 Å². The number of nitrogens with zero attached hydrogens (tertiary/aromatic N) is 4. The molecule has 9 nitrogen and oxygen atoms in total. The monoisotopic (exact) mass is 437 g/mol. The van der Waals surface area contributed by atoms with Crippen LogP contribution in [0.3, 0.4) is 0 Å². The molecule has 0 bridgehead atoms. The van der Waals surface area contributed by atoms with Gasteiger partial charge in [0, 0.05) is 25.7 Å². The number of thioether (sulfide) groups is 1. The number of fused-ring (bicyclic) bond motifs is 1. The Morgan fingerprint density at radius 3 is 2.62 bits per heavy atom. The maximum absolute atomic E-state index is 12.8. The van der Waals surface area contributed by atoms with Crippen molar-refractivity contribution in [2.75, 3.05) is 24.2 Å². The van der Waals surface area contributed by atoms with Crippen LogP contribution in [0.1, 0.15) is 20.8 Å². The van der Waals surface area contributed by atoms with Crippen molar-refractivity contribution >= 4 is 44.5 Å². The van der Waals surface area contributed by atoms with Crippen LogP contribution in [0.4, 0.5) is 5.82 Å². The Kier molecular flexibility index (Phi) is 6.60. The largest absolute Gasteiger partial charge is 0.363 e. The minimum absolute atomic E-state index is 0.140. The summed E-state index contributed by atoms with van der Waals surface area (Å²) in [4.78, 5) is 16.9. The van der Waals surface area contributed by atoms with Gasteiger partial charge in [0.25, 0.3) is 0 Å². The molecule has 1 aromatic carbocycles. The average molecular weight is 438 g/mol. The maximum atomic E-state index is 12.8. The van der Waals surface area contributed by atoms with Crippen molar-refractivity contribution in [3.8, 4) is 0 Å². The van der Waals surface area contributed by atoms with Gasteiger partial charge in [0.1, 0.15) is 6.26 Å². The lowest BCUT2D eigenvalue weighted by Gasteiger charge is -2.18. The van der Waals surface area contributed by atoms with Crippen molar-refractivity contribution in [3.05, 3.63) is 30.5 Å². The van der Waals surface area contributed by atoms with Crippen molar-refractivity contribution in [3.63, 3.8) is 0 Å². The van der Waals surface area contributed by atoms with E-state index in [2.05, 4.69) is 20.0 Å². The van der Waals surface area contributed by atoms with Crippen molar-refractivity contribution in [1.82, 2.24) is 19.0 Å². The number of anilines is 1. The number of hydrogen-bond donors (Lipinski definition) is 1. The van der Waals surface area contributed by atoms with Gasteiger partial charge in [0.15, 0.2) is 11.0 Å². The third-order valence-corrected chi connectivity index (χ3v) is 7.40. The van der Waals surface area contributed by atoms with Crippen LogP contribution in [0.2, 0.25) is 0 Å². The zero-order valence-electron chi connectivity index (χ0n) is 16.5. The number of carbonyl (C=O) groups is 1. The van der Waals surface area contributed by atoms with E-state index in [1.165, 1.54) is 22.3 Å². The highest BCUT2D eigenvalue weighted by Crippen LogP contribution is 2.27. The molecular weight excluding hydrogens is 414 g/mol. The second-order valence-electron chi connectivity index (χ2n) is 6.10. The summed E-state index contributed by atoms with van der Waals surface area (Å²) in [5.74, 6) is 0.259. The molecule has 156 valence electrons. The SMILES string of the molecule is CCN(CC)S(=O)(=O)c1ccc2c(c1)nc(SCC(=O)Nc1ccon1)n2CC. The lowest BCUT2D eigenvalue weighted by Crippen LogP contribution is -2.30. The number of sulfonamides is 1. The van der Waals surface area contributed by atoms with Gasteiger partial charge in [-0.05, 0) is 25.1 Å². The average Bonchev–Trinajstić information content (AvgIpc) is 3.33. The van der Waals surface area contributed by atoms with E-state index in [1.54, 1.807) is 24.3 Å². The zero-order chi connectivity index (χ0) is 21.0. The number of aromatic nitrogens is 3. The summed E-state index contributed by atoms with van der Waals surface area (Å²) in [6.07, 6.45) is 1.38. The van der Waals surface area contributed by atoms with E-state index in [1.807, 2.05) is 25.3 Å². The molecule has 0 saturated heterocycles. The predicted molar refractivity (Wildman–Crippen MR) is 111 cm³/mol. The van der Waals surface area contributed by atoms with Gasteiger partial charge in [-0.3, -0.25) is 4.79 Å². The molecule has 0 aliphatic rings. The van der Waals surface area contributed by atoms with Gasteiger partial charge < -0.3 is 14.4 Å². The highest BCUT2D eigenvalue weighted by Gasteiger charge is 2.23. The smallest absolute Gasteiger partial charge is 0.243 e. The molecule has 2 aromatic heterocycles. The summed E-state index contributed by atoms with van der Waals surface area (Å²) in [5, 5.41) is 6.92. The summed E-state index contributed by atoms with van der Waals surface area (Å²) in [7, 11) is -3.56. The van der Waals surface area contributed by atoms with E-state index in [-0.39, 0.29) is 16.6 Å². The van der Waals surface area contributed by atoms with E-state index < -0.39 is 10.0 Å². The highest BCUT2D eigenvalue weighted by atomic mass is 32.2. The van der Waals surface area contributed by atoms with Crippen LogP contribution >= 0.6 is 11.8 Å². The lowest BCUT2D eigenvalue weighted by molar-refractivity contribution is -0.113. The van der Waals surface area contributed by atoms with E-state index in [0.717, 1.165) is 5.52 Å². The molecule has 3 aromatic rings. The van der Waals surface area contributed by atoms with Crippen molar-refractivity contribution < 1.29 is 17.7 Å². The van der Waals surface area contributed by atoms with Crippen molar-refractivity contribution in [2.24, 2.45) is 0 Å². The predicted octanol–water partition coefficient (Wildman–Crippen LogP) is 2.81. The number of imidazole rings is 1. The molecule has 0 unspecified atom stereocenters. The Morgan fingerprint density at radius 1 is 1.24 bits per heavy atom. The summed E-state index contributed by atoms with van der Waals surface area (Å²) >= 11 is 1.28.